The molecule has 2 amide bonds. The summed E-state index contributed by atoms with van der Waals surface area (Å²) >= 11 is 9.53. The molecule has 4 aromatic rings. The van der Waals surface area contributed by atoms with Gasteiger partial charge in [0.15, 0.2) is 0 Å². The molecule has 0 saturated heterocycles. The second-order valence-electron chi connectivity index (χ2n) is 10.5. The van der Waals surface area contributed by atoms with Crippen LogP contribution in [0.2, 0.25) is 5.02 Å². The lowest BCUT2D eigenvalue weighted by Gasteiger charge is -2.34. The monoisotopic (exact) mass is 725 g/mol. The number of para-hydroxylation sites is 2. The number of carbonyl (C=O) groups excluding carboxylic acids is 2. The van der Waals surface area contributed by atoms with Gasteiger partial charge >= 0.3 is 0 Å². The Bertz CT molecular complexity index is 1700. The van der Waals surface area contributed by atoms with Crippen molar-refractivity contribution in [3.8, 4) is 5.75 Å². The molecule has 46 heavy (non-hydrogen) atoms. The van der Waals surface area contributed by atoms with Crippen LogP contribution in [0.25, 0.3) is 0 Å². The number of anilines is 1. The van der Waals surface area contributed by atoms with E-state index in [1.165, 1.54) is 29.2 Å². The minimum absolute atomic E-state index is 0.0445. The topological polar surface area (TPSA) is 96.0 Å². The highest BCUT2D eigenvalue weighted by molar-refractivity contribution is 9.10. The van der Waals surface area contributed by atoms with Crippen molar-refractivity contribution in [1.29, 1.82) is 0 Å². The highest BCUT2D eigenvalue weighted by Crippen LogP contribution is 2.33. The molecule has 0 saturated carbocycles. The van der Waals surface area contributed by atoms with Gasteiger partial charge in [0.25, 0.3) is 10.0 Å². The molecule has 0 bridgehead atoms. The van der Waals surface area contributed by atoms with Gasteiger partial charge in [0, 0.05) is 29.0 Å². The zero-order chi connectivity index (χ0) is 33.1. The summed E-state index contributed by atoms with van der Waals surface area (Å²) < 4.78 is 36.2. The number of ether oxygens (including phenoxy) is 1. The summed E-state index contributed by atoms with van der Waals surface area (Å²) in [4.78, 5) is 29.8. The molecule has 1 N–H and O–H groups in total. The van der Waals surface area contributed by atoms with Crippen molar-refractivity contribution in [2.75, 3.05) is 24.0 Å². The maximum atomic E-state index is 14.6. The Labute approximate surface area is 284 Å². The zero-order valence-corrected chi connectivity index (χ0v) is 28.9. The van der Waals surface area contributed by atoms with Crippen LogP contribution in [0.15, 0.2) is 112 Å². The maximum absolute atomic E-state index is 14.6. The first-order chi connectivity index (χ1) is 22.1. The van der Waals surface area contributed by atoms with E-state index in [2.05, 4.69) is 21.2 Å². The van der Waals surface area contributed by atoms with Crippen LogP contribution in [0.3, 0.4) is 0 Å². The normalized spacial score (nSPS) is 11.8. The average molecular weight is 727 g/mol. The molecule has 242 valence electrons. The van der Waals surface area contributed by atoms with Gasteiger partial charge in [-0.25, -0.2) is 8.42 Å². The highest BCUT2D eigenvalue weighted by Gasteiger charge is 2.35. The summed E-state index contributed by atoms with van der Waals surface area (Å²) in [5.74, 6) is -0.575. The molecule has 0 aliphatic carbocycles. The van der Waals surface area contributed by atoms with Gasteiger partial charge in [-0.15, -0.1) is 0 Å². The van der Waals surface area contributed by atoms with Crippen molar-refractivity contribution < 1.29 is 22.7 Å². The molecule has 4 rings (SSSR count). The Balaban J connectivity index is 1.82. The summed E-state index contributed by atoms with van der Waals surface area (Å²) in [6, 6.07) is 28.4. The van der Waals surface area contributed by atoms with E-state index in [9.17, 15) is 18.0 Å². The van der Waals surface area contributed by atoms with E-state index in [4.69, 9.17) is 16.3 Å². The lowest BCUT2D eigenvalue weighted by molar-refractivity contribution is -0.140. The fraction of sp³-hybridized carbons (Fsp3) is 0.257. The van der Waals surface area contributed by atoms with Gasteiger partial charge in [-0.3, -0.25) is 13.9 Å². The van der Waals surface area contributed by atoms with Crippen LogP contribution in [0.4, 0.5) is 5.69 Å². The van der Waals surface area contributed by atoms with Crippen molar-refractivity contribution in [3.63, 3.8) is 0 Å². The third-order valence-corrected chi connectivity index (χ3v) is 9.76. The predicted octanol–water partition coefficient (Wildman–Crippen LogP) is 6.86. The molecule has 11 heteroatoms. The molecule has 8 nitrogen and oxygen atoms in total. The first-order valence-corrected chi connectivity index (χ1v) is 17.6. The molecule has 0 heterocycles. The van der Waals surface area contributed by atoms with Gasteiger partial charge in [0.05, 0.1) is 17.2 Å². The number of carbonyl (C=O) groups is 2. The molecular formula is C35H37BrClN3O5S. The molecule has 0 radical (unpaired) electrons. The smallest absolute Gasteiger partial charge is 0.264 e. The van der Waals surface area contributed by atoms with E-state index in [-0.39, 0.29) is 36.1 Å². The minimum atomic E-state index is -4.30. The van der Waals surface area contributed by atoms with Gasteiger partial charge in [-0.2, -0.15) is 0 Å². The van der Waals surface area contributed by atoms with Crippen molar-refractivity contribution in [2.45, 2.75) is 44.2 Å². The van der Waals surface area contributed by atoms with E-state index in [0.29, 0.717) is 23.7 Å². The van der Waals surface area contributed by atoms with Crippen LogP contribution in [0.1, 0.15) is 31.4 Å². The Hall–Kier alpha value is -3.86. The zero-order valence-electron chi connectivity index (χ0n) is 25.7. The number of nitrogens with zero attached hydrogens (tertiary/aromatic N) is 2. The van der Waals surface area contributed by atoms with Crippen LogP contribution in [-0.4, -0.2) is 50.9 Å². The summed E-state index contributed by atoms with van der Waals surface area (Å²) in [7, 11) is -4.30. The number of hydrogen-bond acceptors (Lipinski definition) is 5. The molecule has 0 aliphatic rings. The van der Waals surface area contributed by atoms with Gasteiger partial charge < -0.3 is 15.0 Å². The van der Waals surface area contributed by atoms with Crippen molar-refractivity contribution in [3.05, 3.63) is 124 Å². The quantitative estimate of drug-likeness (QED) is 0.145. The number of sulfonamides is 1. The third kappa shape index (κ3) is 9.11. The van der Waals surface area contributed by atoms with Crippen LogP contribution in [0.5, 0.6) is 5.75 Å². The largest absolute Gasteiger partial charge is 0.492 e. The van der Waals surface area contributed by atoms with Crippen LogP contribution in [0, 0.1) is 0 Å². The molecular weight excluding hydrogens is 690 g/mol. The van der Waals surface area contributed by atoms with E-state index in [1.54, 1.807) is 31.2 Å². The van der Waals surface area contributed by atoms with Crippen LogP contribution >= 0.6 is 27.5 Å². The lowest BCUT2D eigenvalue weighted by atomic mass is 10.0. The Kier molecular flexibility index (Phi) is 12.7. The Morgan fingerprint density at radius 1 is 0.870 bits per heavy atom. The summed E-state index contributed by atoms with van der Waals surface area (Å²) in [6.45, 7) is 3.95. The van der Waals surface area contributed by atoms with Gasteiger partial charge in [-0.1, -0.05) is 89.1 Å². The second-order valence-corrected chi connectivity index (χ2v) is 13.7. The second kappa shape index (κ2) is 16.6. The molecule has 0 spiro atoms. The molecule has 4 aromatic carbocycles. The number of amides is 2. The van der Waals surface area contributed by atoms with Gasteiger partial charge in [0.1, 0.15) is 18.3 Å². The van der Waals surface area contributed by atoms with Crippen LogP contribution in [-0.2, 0) is 32.6 Å². The first kappa shape index (κ1) is 35.0. The van der Waals surface area contributed by atoms with Crippen LogP contribution < -0.4 is 14.4 Å². The summed E-state index contributed by atoms with van der Waals surface area (Å²) in [5.41, 5.74) is 1.84. The number of hydrogen-bond donors (Lipinski definition) is 1. The Morgan fingerprint density at radius 3 is 2.17 bits per heavy atom. The minimum Gasteiger partial charge on any atom is -0.492 e. The van der Waals surface area contributed by atoms with E-state index in [1.807, 2.05) is 61.5 Å². The van der Waals surface area contributed by atoms with Crippen molar-refractivity contribution in [1.82, 2.24) is 10.2 Å². The third-order valence-electron chi connectivity index (χ3n) is 7.20. The molecule has 0 aromatic heterocycles. The number of benzene rings is 4. The van der Waals surface area contributed by atoms with E-state index >= 15 is 0 Å². The van der Waals surface area contributed by atoms with E-state index < -0.39 is 28.5 Å². The van der Waals surface area contributed by atoms with Gasteiger partial charge in [-0.05, 0) is 73.0 Å². The molecule has 0 unspecified atom stereocenters. The lowest BCUT2D eigenvalue weighted by Crippen LogP contribution is -2.53. The fourth-order valence-electron chi connectivity index (χ4n) is 4.89. The van der Waals surface area contributed by atoms with Gasteiger partial charge in [0.2, 0.25) is 11.8 Å². The fourth-order valence-corrected chi connectivity index (χ4v) is 6.71. The summed E-state index contributed by atoms with van der Waals surface area (Å²) in [5, 5.41) is 3.32. The maximum Gasteiger partial charge on any atom is 0.264 e. The summed E-state index contributed by atoms with van der Waals surface area (Å²) in [6.07, 6.45) is 0.948. The first-order valence-electron chi connectivity index (χ1n) is 15.0. The number of halogens is 2. The standard InChI is InChI=1S/C35H37BrClN3O5S/c1-3-22-38-35(42)32(23-26-10-6-5-7-11-26)39(24-27-14-16-28(36)17-15-27)34(41)25-40(31-12-8-9-13-33(31)45-4-2)46(43,44)30-20-18-29(37)19-21-30/h5-21,32H,3-4,22-25H2,1-2H3,(H,38,42)/t32-/m0/s1. The number of rotatable bonds is 15. The Morgan fingerprint density at radius 2 is 1.52 bits per heavy atom. The molecule has 0 fully saturated rings. The SMILES string of the molecule is CCCNC(=O)[C@H](Cc1ccccc1)N(Cc1ccc(Br)cc1)C(=O)CN(c1ccccc1OCC)S(=O)(=O)c1ccc(Cl)cc1. The number of nitrogens with one attached hydrogen (secondary N) is 1. The van der Waals surface area contributed by atoms with Crippen molar-refractivity contribution >= 4 is 55.1 Å². The van der Waals surface area contributed by atoms with Crippen molar-refractivity contribution in [2.24, 2.45) is 0 Å². The van der Waals surface area contributed by atoms with E-state index in [0.717, 1.165) is 19.9 Å². The highest BCUT2D eigenvalue weighted by atomic mass is 79.9. The predicted molar refractivity (Wildman–Crippen MR) is 186 cm³/mol. The average Bonchev–Trinajstić information content (AvgIpc) is 3.06. The molecule has 0 aliphatic heterocycles. The molecule has 1 atom stereocenters.